The quantitative estimate of drug-likeness (QED) is 0.754. The normalized spacial score (nSPS) is 17.8. The Morgan fingerprint density at radius 2 is 2.36 bits per heavy atom. The van der Waals surface area contributed by atoms with Crippen LogP contribution < -0.4 is 5.73 Å². The molecule has 4 nitrogen and oxygen atoms in total. The standard InChI is InChI=1S/C10H12N2O2/c11-9(6-1-2-6)8-5-7(10(13)14)3-4-12-8/h3-6,9H,1-2,11H2,(H,13,14)/t9-/m1/s1. The van der Waals surface area contributed by atoms with Gasteiger partial charge in [0.25, 0.3) is 0 Å². The van der Waals surface area contributed by atoms with E-state index < -0.39 is 5.97 Å². The second-order valence-electron chi connectivity index (χ2n) is 3.64. The number of hydrogen-bond acceptors (Lipinski definition) is 3. The first-order valence-corrected chi connectivity index (χ1v) is 4.63. The highest BCUT2D eigenvalue weighted by molar-refractivity contribution is 5.87. The van der Waals surface area contributed by atoms with E-state index >= 15 is 0 Å². The van der Waals surface area contributed by atoms with E-state index in [0.717, 1.165) is 12.8 Å². The summed E-state index contributed by atoms with van der Waals surface area (Å²) in [6, 6.07) is 2.94. The Morgan fingerprint density at radius 3 is 2.93 bits per heavy atom. The number of aromatic carboxylic acids is 1. The summed E-state index contributed by atoms with van der Waals surface area (Å²) in [5.41, 5.74) is 6.86. The Kier molecular flexibility index (Phi) is 2.21. The Morgan fingerprint density at radius 1 is 1.64 bits per heavy atom. The first-order valence-electron chi connectivity index (χ1n) is 4.63. The lowest BCUT2D eigenvalue weighted by Gasteiger charge is -2.09. The predicted octanol–water partition coefficient (Wildman–Crippen LogP) is 1.19. The van der Waals surface area contributed by atoms with Crippen molar-refractivity contribution >= 4 is 5.97 Å². The number of carboxylic acid groups (broad SMARTS) is 1. The molecule has 1 aliphatic rings. The van der Waals surface area contributed by atoms with Gasteiger partial charge in [-0.15, -0.1) is 0 Å². The van der Waals surface area contributed by atoms with Crippen LogP contribution in [-0.4, -0.2) is 16.1 Å². The van der Waals surface area contributed by atoms with Gasteiger partial charge in [-0.1, -0.05) is 0 Å². The van der Waals surface area contributed by atoms with Gasteiger partial charge in [-0.3, -0.25) is 4.98 Å². The molecule has 74 valence electrons. The van der Waals surface area contributed by atoms with Crippen LogP contribution >= 0.6 is 0 Å². The van der Waals surface area contributed by atoms with Crippen LogP contribution in [0.4, 0.5) is 0 Å². The average Bonchev–Trinajstić information content (AvgIpc) is 3.00. The highest BCUT2D eigenvalue weighted by Crippen LogP contribution is 2.38. The average molecular weight is 192 g/mol. The molecule has 0 radical (unpaired) electrons. The summed E-state index contributed by atoms with van der Waals surface area (Å²) < 4.78 is 0. The molecule has 1 atom stereocenters. The molecule has 3 N–H and O–H groups in total. The molecule has 0 unspecified atom stereocenters. The maximum absolute atomic E-state index is 10.7. The molecule has 1 aromatic rings. The van der Waals surface area contributed by atoms with Crippen molar-refractivity contribution < 1.29 is 9.90 Å². The number of hydrogen-bond donors (Lipinski definition) is 2. The molecular weight excluding hydrogens is 180 g/mol. The van der Waals surface area contributed by atoms with Gasteiger partial charge < -0.3 is 10.8 Å². The van der Waals surface area contributed by atoms with E-state index in [2.05, 4.69) is 4.98 Å². The SMILES string of the molecule is N[C@@H](c1cc(C(=O)O)ccn1)C1CC1. The van der Waals surface area contributed by atoms with E-state index in [9.17, 15) is 4.79 Å². The zero-order valence-corrected chi connectivity index (χ0v) is 7.68. The monoisotopic (exact) mass is 192 g/mol. The number of aromatic nitrogens is 1. The number of carbonyl (C=O) groups is 1. The summed E-state index contributed by atoms with van der Waals surface area (Å²) in [6.45, 7) is 0. The summed E-state index contributed by atoms with van der Waals surface area (Å²) in [5.74, 6) is -0.441. The van der Waals surface area contributed by atoms with Gasteiger partial charge in [0.15, 0.2) is 0 Å². The molecular formula is C10H12N2O2. The van der Waals surface area contributed by atoms with Crippen molar-refractivity contribution in [2.45, 2.75) is 18.9 Å². The lowest BCUT2D eigenvalue weighted by Crippen LogP contribution is -2.14. The summed E-state index contributed by atoms with van der Waals surface area (Å²) in [6.07, 6.45) is 3.75. The van der Waals surface area contributed by atoms with E-state index in [1.54, 1.807) is 6.07 Å². The molecule has 0 aliphatic heterocycles. The lowest BCUT2D eigenvalue weighted by molar-refractivity contribution is 0.0696. The van der Waals surface area contributed by atoms with Crippen molar-refractivity contribution in [3.63, 3.8) is 0 Å². The van der Waals surface area contributed by atoms with E-state index in [1.807, 2.05) is 0 Å². The molecule has 0 amide bonds. The third-order valence-electron chi connectivity index (χ3n) is 2.50. The molecule has 4 heteroatoms. The molecule has 0 bridgehead atoms. The number of pyridine rings is 1. The van der Waals surface area contributed by atoms with E-state index in [0.29, 0.717) is 11.6 Å². The molecule has 1 heterocycles. The van der Waals surface area contributed by atoms with Crippen molar-refractivity contribution in [1.82, 2.24) is 4.98 Å². The number of nitrogens with two attached hydrogens (primary N) is 1. The summed E-state index contributed by atoms with van der Waals surface area (Å²) in [5, 5.41) is 8.78. The van der Waals surface area contributed by atoms with E-state index in [1.165, 1.54) is 12.3 Å². The van der Waals surface area contributed by atoms with Gasteiger partial charge in [-0.25, -0.2) is 4.79 Å². The molecule has 1 fully saturated rings. The van der Waals surface area contributed by atoms with Gasteiger partial charge >= 0.3 is 5.97 Å². The van der Waals surface area contributed by atoms with Crippen LogP contribution in [0.15, 0.2) is 18.3 Å². The molecule has 1 saturated carbocycles. The summed E-state index contributed by atoms with van der Waals surface area (Å²) in [7, 11) is 0. The lowest BCUT2D eigenvalue weighted by atomic mass is 10.1. The largest absolute Gasteiger partial charge is 0.478 e. The zero-order valence-electron chi connectivity index (χ0n) is 7.68. The van der Waals surface area contributed by atoms with Gasteiger partial charge in [-0.2, -0.15) is 0 Å². The predicted molar refractivity (Wildman–Crippen MR) is 50.8 cm³/mol. The van der Waals surface area contributed by atoms with Crippen molar-refractivity contribution in [3.05, 3.63) is 29.6 Å². The molecule has 1 aliphatic carbocycles. The number of nitrogens with zero attached hydrogens (tertiary/aromatic N) is 1. The van der Waals surface area contributed by atoms with Gasteiger partial charge in [0.2, 0.25) is 0 Å². The minimum Gasteiger partial charge on any atom is -0.478 e. The molecule has 1 aromatic heterocycles. The Labute approximate surface area is 81.8 Å². The van der Waals surface area contributed by atoms with E-state index in [-0.39, 0.29) is 11.6 Å². The fraction of sp³-hybridized carbons (Fsp3) is 0.400. The molecule has 14 heavy (non-hydrogen) atoms. The van der Waals surface area contributed by atoms with Crippen LogP contribution in [-0.2, 0) is 0 Å². The number of carboxylic acids is 1. The van der Waals surface area contributed by atoms with Crippen molar-refractivity contribution in [3.8, 4) is 0 Å². The fourth-order valence-electron chi connectivity index (χ4n) is 1.46. The van der Waals surface area contributed by atoms with Crippen LogP contribution in [0.25, 0.3) is 0 Å². The second kappa shape index (κ2) is 3.38. The zero-order chi connectivity index (χ0) is 10.1. The summed E-state index contributed by atoms with van der Waals surface area (Å²) in [4.78, 5) is 14.8. The second-order valence-corrected chi connectivity index (χ2v) is 3.64. The third-order valence-corrected chi connectivity index (χ3v) is 2.50. The van der Waals surface area contributed by atoms with E-state index in [4.69, 9.17) is 10.8 Å². The summed E-state index contributed by atoms with van der Waals surface area (Å²) >= 11 is 0. The maximum Gasteiger partial charge on any atom is 0.335 e. The van der Waals surface area contributed by atoms with Gasteiger partial charge in [0, 0.05) is 12.2 Å². The van der Waals surface area contributed by atoms with Crippen LogP contribution in [0, 0.1) is 5.92 Å². The van der Waals surface area contributed by atoms with Crippen molar-refractivity contribution in [2.24, 2.45) is 11.7 Å². The van der Waals surface area contributed by atoms with Crippen LogP contribution in [0.3, 0.4) is 0 Å². The maximum atomic E-state index is 10.7. The fourth-order valence-corrected chi connectivity index (χ4v) is 1.46. The topological polar surface area (TPSA) is 76.2 Å². The van der Waals surface area contributed by atoms with Crippen molar-refractivity contribution in [1.29, 1.82) is 0 Å². The minimum atomic E-state index is -0.934. The number of rotatable bonds is 3. The first-order chi connectivity index (χ1) is 6.68. The van der Waals surface area contributed by atoms with Gasteiger partial charge in [-0.05, 0) is 30.9 Å². The Balaban J connectivity index is 2.24. The van der Waals surface area contributed by atoms with Crippen LogP contribution in [0.2, 0.25) is 0 Å². The Bertz CT molecular complexity index is 361. The molecule has 0 aromatic carbocycles. The van der Waals surface area contributed by atoms with Gasteiger partial charge in [0.1, 0.15) is 0 Å². The molecule has 0 spiro atoms. The molecule has 0 saturated heterocycles. The molecule has 2 rings (SSSR count). The Hall–Kier alpha value is -1.42. The minimum absolute atomic E-state index is 0.103. The van der Waals surface area contributed by atoms with Crippen LogP contribution in [0.5, 0.6) is 0 Å². The van der Waals surface area contributed by atoms with Crippen molar-refractivity contribution in [2.75, 3.05) is 0 Å². The first kappa shape index (κ1) is 9.15. The highest BCUT2D eigenvalue weighted by Gasteiger charge is 2.30. The third kappa shape index (κ3) is 1.75. The van der Waals surface area contributed by atoms with Gasteiger partial charge in [0.05, 0.1) is 11.3 Å². The van der Waals surface area contributed by atoms with Crippen LogP contribution in [0.1, 0.15) is 34.9 Å². The smallest absolute Gasteiger partial charge is 0.335 e. The highest BCUT2D eigenvalue weighted by atomic mass is 16.4.